The van der Waals surface area contributed by atoms with Crippen LogP contribution in [0.1, 0.15) is 0 Å². The third-order valence-corrected chi connectivity index (χ3v) is 4.31. The molecule has 0 aliphatic carbocycles. The standard InChI is InChI=1S/C17H22FN5O/c1-21-17(24)15(6-7-20-21)19-8-9-22-10-12-23(13-11-22)16-5-3-2-4-14(16)18/h2-7,19H,8-13H2,1H3. The van der Waals surface area contributed by atoms with Gasteiger partial charge in [-0.1, -0.05) is 12.1 Å². The van der Waals surface area contributed by atoms with E-state index in [1.54, 1.807) is 25.4 Å². The maximum absolute atomic E-state index is 13.8. The minimum absolute atomic E-state index is 0.123. The summed E-state index contributed by atoms with van der Waals surface area (Å²) in [5.41, 5.74) is 1.12. The van der Waals surface area contributed by atoms with Crippen LogP contribution in [0.5, 0.6) is 0 Å². The Morgan fingerprint density at radius 1 is 1.17 bits per heavy atom. The van der Waals surface area contributed by atoms with Crippen molar-refractivity contribution in [3.8, 4) is 0 Å². The van der Waals surface area contributed by atoms with Gasteiger partial charge in [-0.15, -0.1) is 0 Å². The first-order valence-corrected chi connectivity index (χ1v) is 8.13. The molecule has 1 aliphatic heterocycles. The zero-order valence-electron chi connectivity index (χ0n) is 13.8. The van der Waals surface area contributed by atoms with Crippen molar-refractivity contribution in [3.05, 3.63) is 52.7 Å². The highest BCUT2D eigenvalue weighted by molar-refractivity contribution is 5.48. The van der Waals surface area contributed by atoms with Crippen LogP contribution in [-0.2, 0) is 7.05 Å². The molecule has 1 fully saturated rings. The van der Waals surface area contributed by atoms with E-state index in [4.69, 9.17) is 0 Å². The van der Waals surface area contributed by atoms with Crippen molar-refractivity contribution in [1.82, 2.24) is 14.7 Å². The summed E-state index contributed by atoms with van der Waals surface area (Å²) >= 11 is 0. The van der Waals surface area contributed by atoms with Crippen molar-refractivity contribution in [2.24, 2.45) is 7.05 Å². The van der Waals surface area contributed by atoms with Crippen LogP contribution in [0.4, 0.5) is 15.8 Å². The summed E-state index contributed by atoms with van der Waals surface area (Å²) in [6, 6.07) is 8.60. The van der Waals surface area contributed by atoms with E-state index >= 15 is 0 Å². The second-order valence-corrected chi connectivity index (χ2v) is 5.88. The largest absolute Gasteiger partial charge is 0.379 e. The maximum Gasteiger partial charge on any atom is 0.289 e. The zero-order valence-corrected chi connectivity index (χ0v) is 13.8. The molecule has 1 aliphatic rings. The fourth-order valence-corrected chi connectivity index (χ4v) is 2.91. The number of aromatic nitrogens is 2. The predicted octanol–water partition coefficient (Wildman–Crippen LogP) is 1.15. The quantitative estimate of drug-likeness (QED) is 0.891. The lowest BCUT2D eigenvalue weighted by atomic mass is 10.2. The molecule has 1 saturated heterocycles. The first-order chi connectivity index (χ1) is 11.6. The lowest BCUT2D eigenvalue weighted by Crippen LogP contribution is -2.48. The molecule has 128 valence electrons. The Kier molecular flexibility index (Phi) is 5.10. The molecular formula is C17H22FN5O. The number of rotatable bonds is 5. The van der Waals surface area contributed by atoms with Gasteiger partial charge in [0.05, 0.1) is 5.69 Å². The average Bonchev–Trinajstić information content (AvgIpc) is 2.60. The van der Waals surface area contributed by atoms with Crippen molar-refractivity contribution in [2.45, 2.75) is 0 Å². The highest BCUT2D eigenvalue weighted by atomic mass is 19.1. The number of para-hydroxylation sites is 1. The van der Waals surface area contributed by atoms with Crippen LogP contribution >= 0.6 is 0 Å². The first-order valence-electron chi connectivity index (χ1n) is 8.13. The zero-order chi connectivity index (χ0) is 16.9. The van der Waals surface area contributed by atoms with E-state index in [0.717, 1.165) is 32.7 Å². The third-order valence-electron chi connectivity index (χ3n) is 4.31. The van der Waals surface area contributed by atoms with Crippen molar-refractivity contribution in [3.63, 3.8) is 0 Å². The number of nitrogens with one attached hydrogen (secondary N) is 1. The van der Waals surface area contributed by atoms with Crippen LogP contribution in [0.15, 0.2) is 41.3 Å². The maximum atomic E-state index is 13.8. The SMILES string of the molecule is Cn1nccc(NCCN2CCN(c3ccccc3F)CC2)c1=O. The number of anilines is 2. The molecular weight excluding hydrogens is 309 g/mol. The fraction of sp³-hybridized carbons (Fsp3) is 0.412. The van der Waals surface area contributed by atoms with E-state index in [-0.39, 0.29) is 11.4 Å². The van der Waals surface area contributed by atoms with E-state index < -0.39 is 0 Å². The molecule has 0 spiro atoms. The molecule has 7 heteroatoms. The highest BCUT2D eigenvalue weighted by Gasteiger charge is 2.18. The van der Waals surface area contributed by atoms with Gasteiger partial charge >= 0.3 is 0 Å². The summed E-state index contributed by atoms with van der Waals surface area (Å²) in [7, 11) is 1.63. The molecule has 0 saturated carbocycles. The van der Waals surface area contributed by atoms with Crippen molar-refractivity contribution in [1.29, 1.82) is 0 Å². The van der Waals surface area contributed by atoms with Gasteiger partial charge in [0.1, 0.15) is 11.5 Å². The summed E-state index contributed by atoms with van der Waals surface area (Å²) in [5.74, 6) is -0.166. The summed E-state index contributed by atoms with van der Waals surface area (Å²) in [6.45, 7) is 4.90. The number of halogens is 1. The Hall–Kier alpha value is -2.41. The smallest absolute Gasteiger partial charge is 0.289 e. The topological polar surface area (TPSA) is 53.4 Å². The highest BCUT2D eigenvalue weighted by Crippen LogP contribution is 2.19. The van der Waals surface area contributed by atoms with Crippen LogP contribution in [0.3, 0.4) is 0 Å². The van der Waals surface area contributed by atoms with Crippen LogP contribution in [0.25, 0.3) is 0 Å². The summed E-state index contributed by atoms with van der Waals surface area (Å²) in [6.07, 6.45) is 1.61. The molecule has 0 atom stereocenters. The number of hydrogen-bond donors (Lipinski definition) is 1. The van der Waals surface area contributed by atoms with Crippen LogP contribution < -0.4 is 15.8 Å². The van der Waals surface area contributed by atoms with Gasteiger partial charge in [-0.3, -0.25) is 9.69 Å². The summed E-state index contributed by atoms with van der Waals surface area (Å²) in [5, 5.41) is 7.06. The van der Waals surface area contributed by atoms with Gasteiger partial charge in [-0.25, -0.2) is 9.07 Å². The predicted molar refractivity (Wildman–Crippen MR) is 93.0 cm³/mol. The van der Waals surface area contributed by atoms with E-state index in [2.05, 4.69) is 20.2 Å². The van der Waals surface area contributed by atoms with Gasteiger partial charge < -0.3 is 10.2 Å². The summed E-state index contributed by atoms with van der Waals surface area (Å²) < 4.78 is 15.1. The normalized spacial score (nSPS) is 15.5. The molecule has 3 rings (SSSR count). The Morgan fingerprint density at radius 3 is 2.67 bits per heavy atom. The monoisotopic (exact) mass is 331 g/mol. The Bertz CT molecular complexity index is 740. The van der Waals surface area contributed by atoms with E-state index in [1.165, 1.54) is 10.7 Å². The second kappa shape index (κ2) is 7.44. The number of aryl methyl sites for hydroxylation is 1. The lowest BCUT2D eigenvalue weighted by Gasteiger charge is -2.36. The Balaban J connectivity index is 1.47. The van der Waals surface area contributed by atoms with Crippen LogP contribution in [-0.4, -0.2) is 53.9 Å². The van der Waals surface area contributed by atoms with Gasteiger partial charge in [0, 0.05) is 52.5 Å². The molecule has 2 aromatic rings. The van der Waals surface area contributed by atoms with E-state index in [1.807, 2.05) is 12.1 Å². The number of nitrogens with zero attached hydrogens (tertiary/aromatic N) is 4. The second-order valence-electron chi connectivity index (χ2n) is 5.88. The number of hydrogen-bond acceptors (Lipinski definition) is 5. The molecule has 24 heavy (non-hydrogen) atoms. The summed E-state index contributed by atoms with van der Waals surface area (Å²) in [4.78, 5) is 16.3. The number of benzene rings is 1. The van der Waals surface area contributed by atoms with Crippen molar-refractivity contribution < 1.29 is 4.39 Å². The third kappa shape index (κ3) is 3.73. The fourth-order valence-electron chi connectivity index (χ4n) is 2.91. The molecule has 1 aromatic carbocycles. The molecule has 0 amide bonds. The van der Waals surface area contributed by atoms with Crippen LogP contribution in [0, 0.1) is 5.82 Å². The van der Waals surface area contributed by atoms with Gasteiger partial charge in [-0.05, 0) is 18.2 Å². The molecule has 6 nitrogen and oxygen atoms in total. The van der Waals surface area contributed by atoms with E-state index in [9.17, 15) is 9.18 Å². The molecule has 2 heterocycles. The minimum atomic E-state index is -0.166. The molecule has 1 N–H and O–H groups in total. The van der Waals surface area contributed by atoms with Crippen molar-refractivity contribution >= 4 is 11.4 Å². The van der Waals surface area contributed by atoms with Gasteiger partial charge in [0.15, 0.2) is 0 Å². The lowest BCUT2D eigenvalue weighted by molar-refractivity contribution is 0.266. The van der Waals surface area contributed by atoms with E-state index in [0.29, 0.717) is 17.9 Å². The van der Waals surface area contributed by atoms with Crippen LogP contribution in [0.2, 0.25) is 0 Å². The van der Waals surface area contributed by atoms with Gasteiger partial charge in [-0.2, -0.15) is 5.10 Å². The minimum Gasteiger partial charge on any atom is -0.379 e. The Morgan fingerprint density at radius 2 is 1.92 bits per heavy atom. The first kappa shape index (κ1) is 16.4. The molecule has 0 unspecified atom stereocenters. The van der Waals surface area contributed by atoms with Crippen molar-refractivity contribution in [2.75, 3.05) is 49.5 Å². The molecule has 0 bridgehead atoms. The molecule has 1 aromatic heterocycles. The molecule has 0 radical (unpaired) electrons. The van der Waals surface area contributed by atoms with Gasteiger partial charge in [0.25, 0.3) is 5.56 Å². The average molecular weight is 331 g/mol. The van der Waals surface area contributed by atoms with Gasteiger partial charge in [0.2, 0.25) is 0 Å². The Labute approximate surface area is 140 Å². The number of piperazine rings is 1.